The van der Waals surface area contributed by atoms with E-state index >= 15 is 0 Å². The van der Waals surface area contributed by atoms with Crippen molar-refractivity contribution in [2.75, 3.05) is 27.4 Å². The van der Waals surface area contributed by atoms with E-state index in [1.165, 1.54) is 0 Å². The van der Waals surface area contributed by atoms with Crippen molar-refractivity contribution in [3.8, 4) is 11.5 Å². The molecule has 122 valence electrons. The van der Waals surface area contributed by atoms with Gasteiger partial charge in [0, 0.05) is 12.1 Å². The summed E-state index contributed by atoms with van der Waals surface area (Å²) in [7, 11) is 3.18. The second-order valence-corrected chi connectivity index (χ2v) is 4.98. The first-order valence-corrected chi connectivity index (χ1v) is 7.36. The van der Waals surface area contributed by atoms with E-state index in [0.29, 0.717) is 17.9 Å². The van der Waals surface area contributed by atoms with Crippen molar-refractivity contribution in [3.05, 3.63) is 59.7 Å². The Hall–Kier alpha value is -2.37. The third-order valence-electron chi connectivity index (χ3n) is 3.55. The minimum atomic E-state index is -0.526. The number of ether oxygens (including phenoxy) is 2. The normalized spacial score (nSPS) is 11.8. The third-order valence-corrected chi connectivity index (χ3v) is 3.55. The highest BCUT2D eigenvalue weighted by Crippen LogP contribution is 2.22. The van der Waals surface area contributed by atoms with Crippen LogP contribution in [-0.4, -0.2) is 38.3 Å². The topological polar surface area (TPSA) is 67.8 Å². The van der Waals surface area contributed by atoms with Gasteiger partial charge in [0.15, 0.2) is 5.78 Å². The monoisotopic (exact) mass is 315 g/mol. The maximum atomic E-state index is 12.8. The fourth-order valence-electron chi connectivity index (χ4n) is 2.29. The highest BCUT2D eigenvalue weighted by Gasteiger charge is 2.21. The first-order valence-electron chi connectivity index (χ1n) is 7.36. The summed E-state index contributed by atoms with van der Waals surface area (Å²) in [5.74, 6) is 1.36. The van der Waals surface area contributed by atoms with E-state index in [9.17, 15) is 4.79 Å². The van der Waals surface area contributed by atoms with E-state index in [2.05, 4.69) is 5.32 Å². The molecule has 23 heavy (non-hydrogen) atoms. The molecule has 0 saturated heterocycles. The van der Waals surface area contributed by atoms with Gasteiger partial charge < -0.3 is 19.9 Å². The summed E-state index contributed by atoms with van der Waals surface area (Å²) in [4.78, 5) is 12.8. The van der Waals surface area contributed by atoms with Gasteiger partial charge in [-0.3, -0.25) is 4.79 Å². The average molecular weight is 315 g/mol. The van der Waals surface area contributed by atoms with Gasteiger partial charge in [0.2, 0.25) is 0 Å². The lowest BCUT2D eigenvalue weighted by Crippen LogP contribution is -2.31. The molecular formula is C18H21NO4. The van der Waals surface area contributed by atoms with Crippen LogP contribution in [-0.2, 0) is 0 Å². The number of aliphatic hydroxyl groups is 1. The Labute approximate surface area is 135 Å². The van der Waals surface area contributed by atoms with E-state index in [1.54, 1.807) is 38.5 Å². The summed E-state index contributed by atoms with van der Waals surface area (Å²) in [6, 6.07) is 13.8. The minimum absolute atomic E-state index is 0.0391. The Kier molecular flexibility index (Phi) is 6.14. The summed E-state index contributed by atoms with van der Waals surface area (Å²) < 4.78 is 10.3. The Morgan fingerprint density at radius 1 is 1.00 bits per heavy atom. The van der Waals surface area contributed by atoms with Crippen LogP contribution in [0.1, 0.15) is 22.0 Å². The molecule has 2 N–H and O–H groups in total. The van der Waals surface area contributed by atoms with Crippen LogP contribution in [0.4, 0.5) is 0 Å². The predicted octanol–water partition coefficient (Wildman–Crippen LogP) is 2.21. The average Bonchev–Trinajstić information content (AvgIpc) is 2.62. The molecule has 0 radical (unpaired) electrons. The number of ketones is 1. The number of methoxy groups -OCH3 is 2. The molecule has 0 aliphatic carbocycles. The minimum Gasteiger partial charge on any atom is -0.497 e. The van der Waals surface area contributed by atoms with Crippen LogP contribution in [0.5, 0.6) is 11.5 Å². The number of aliphatic hydroxyl groups excluding tert-OH is 1. The van der Waals surface area contributed by atoms with Crippen LogP contribution >= 0.6 is 0 Å². The standard InChI is InChI=1S/C18H21NO4/c1-22-15-7-3-13(4-8-15)17(19-11-12-20)18(21)14-5-9-16(23-2)10-6-14/h3-10,17,19-20H,11-12H2,1-2H3/t17-/m0/s1. The Morgan fingerprint density at radius 3 is 2.00 bits per heavy atom. The van der Waals surface area contributed by atoms with Crippen LogP contribution in [0.3, 0.4) is 0 Å². The zero-order chi connectivity index (χ0) is 16.7. The van der Waals surface area contributed by atoms with E-state index in [0.717, 1.165) is 11.3 Å². The Balaban J connectivity index is 2.26. The Bertz CT molecular complexity index is 622. The molecule has 0 heterocycles. The van der Waals surface area contributed by atoms with Crippen LogP contribution < -0.4 is 14.8 Å². The lowest BCUT2D eigenvalue weighted by Gasteiger charge is -2.18. The summed E-state index contributed by atoms with van der Waals surface area (Å²) in [6.45, 7) is 0.293. The molecule has 0 aliphatic rings. The lowest BCUT2D eigenvalue weighted by molar-refractivity contribution is 0.0940. The number of carbonyl (C=O) groups excluding carboxylic acids is 1. The molecule has 0 aromatic heterocycles. The first kappa shape index (κ1) is 17.0. The molecule has 0 spiro atoms. The fraction of sp³-hybridized carbons (Fsp3) is 0.278. The molecule has 2 aromatic carbocycles. The van der Waals surface area contributed by atoms with Gasteiger partial charge in [-0.05, 0) is 42.0 Å². The molecule has 0 saturated carbocycles. The van der Waals surface area contributed by atoms with Gasteiger partial charge >= 0.3 is 0 Å². The fourth-order valence-corrected chi connectivity index (χ4v) is 2.29. The third kappa shape index (κ3) is 4.31. The van der Waals surface area contributed by atoms with Gasteiger partial charge in [0.05, 0.1) is 26.9 Å². The maximum Gasteiger partial charge on any atom is 0.184 e. The van der Waals surface area contributed by atoms with Crippen molar-refractivity contribution in [2.24, 2.45) is 0 Å². The maximum absolute atomic E-state index is 12.8. The molecule has 0 fully saturated rings. The smallest absolute Gasteiger partial charge is 0.184 e. The van der Waals surface area contributed by atoms with Gasteiger partial charge in [-0.15, -0.1) is 0 Å². The molecular weight excluding hydrogens is 294 g/mol. The van der Waals surface area contributed by atoms with Gasteiger partial charge in [0.25, 0.3) is 0 Å². The second kappa shape index (κ2) is 8.31. The highest BCUT2D eigenvalue weighted by atomic mass is 16.5. The Morgan fingerprint density at radius 2 is 1.52 bits per heavy atom. The molecule has 0 unspecified atom stereocenters. The molecule has 0 bridgehead atoms. The first-order chi connectivity index (χ1) is 11.2. The summed E-state index contributed by atoms with van der Waals surface area (Å²) in [5.41, 5.74) is 1.40. The molecule has 0 aliphatic heterocycles. The number of hydrogen-bond acceptors (Lipinski definition) is 5. The van der Waals surface area contributed by atoms with Crippen molar-refractivity contribution in [1.82, 2.24) is 5.32 Å². The number of rotatable bonds is 8. The summed E-state index contributed by atoms with van der Waals surface area (Å²) in [5, 5.41) is 12.1. The van der Waals surface area contributed by atoms with Crippen molar-refractivity contribution in [3.63, 3.8) is 0 Å². The van der Waals surface area contributed by atoms with Gasteiger partial charge in [-0.25, -0.2) is 0 Å². The van der Waals surface area contributed by atoms with Gasteiger partial charge in [-0.1, -0.05) is 12.1 Å². The highest BCUT2D eigenvalue weighted by molar-refractivity contribution is 6.00. The largest absolute Gasteiger partial charge is 0.497 e. The van der Waals surface area contributed by atoms with Crippen molar-refractivity contribution >= 4 is 5.78 Å². The summed E-state index contributed by atoms with van der Waals surface area (Å²) >= 11 is 0. The number of carbonyl (C=O) groups is 1. The predicted molar refractivity (Wildman–Crippen MR) is 88.1 cm³/mol. The molecule has 0 amide bonds. The summed E-state index contributed by atoms with van der Waals surface area (Å²) in [6.07, 6.45) is 0. The molecule has 5 heteroatoms. The molecule has 2 rings (SSSR count). The van der Waals surface area contributed by atoms with Crippen LogP contribution in [0.2, 0.25) is 0 Å². The van der Waals surface area contributed by atoms with E-state index in [1.807, 2.05) is 24.3 Å². The number of nitrogens with one attached hydrogen (secondary N) is 1. The number of hydrogen-bond donors (Lipinski definition) is 2. The van der Waals surface area contributed by atoms with E-state index in [-0.39, 0.29) is 12.4 Å². The van der Waals surface area contributed by atoms with E-state index < -0.39 is 6.04 Å². The zero-order valence-electron chi connectivity index (χ0n) is 13.3. The van der Waals surface area contributed by atoms with Gasteiger partial charge in [0.1, 0.15) is 11.5 Å². The second-order valence-electron chi connectivity index (χ2n) is 4.98. The van der Waals surface area contributed by atoms with Crippen molar-refractivity contribution < 1.29 is 19.4 Å². The van der Waals surface area contributed by atoms with Crippen molar-refractivity contribution in [2.45, 2.75) is 6.04 Å². The van der Waals surface area contributed by atoms with Crippen LogP contribution in [0, 0.1) is 0 Å². The van der Waals surface area contributed by atoms with Crippen LogP contribution in [0.15, 0.2) is 48.5 Å². The molecule has 2 aromatic rings. The number of benzene rings is 2. The van der Waals surface area contributed by atoms with E-state index in [4.69, 9.17) is 14.6 Å². The molecule has 1 atom stereocenters. The zero-order valence-corrected chi connectivity index (χ0v) is 13.3. The lowest BCUT2D eigenvalue weighted by atomic mass is 9.97. The quantitative estimate of drug-likeness (QED) is 0.731. The van der Waals surface area contributed by atoms with Crippen molar-refractivity contribution in [1.29, 1.82) is 0 Å². The number of Topliss-reactive ketones (excluding diaryl/α,β-unsaturated/α-hetero) is 1. The van der Waals surface area contributed by atoms with Gasteiger partial charge in [-0.2, -0.15) is 0 Å². The SMILES string of the molecule is COc1ccc(C(=O)[C@@H](NCCO)c2ccc(OC)cc2)cc1. The molecule has 5 nitrogen and oxygen atoms in total. The van der Waals surface area contributed by atoms with Crippen LogP contribution in [0.25, 0.3) is 0 Å².